The minimum Gasteiger partial charge on any atom is -0.0801 e. The van der Waals surface area contributed by atoms with Gasteiger partial charge < -0.3 is 0 Å². The van der Waals surface area contributed by atoms with E-state index in [1.165, 1.54) is 0 Å². The number of hydrogen-bond acceptors (Lipinski definition) is 0. The van der Waals surface area contributed by atoms with Crippen molar-refractivity contribution in [3.05, 3.63) is 158 Å². The Morgan fingerprint density at radius 3 is 0.889 bits per heavy atom. The molecule has 0 bridgehead atoms. The molecular weight excluding hydrogens is 324 g/mol. The molecule has 0 atom stereocenters. The third-order valence-corrected chi connectivity index (χ3v) is 3.03. The van der Waals surface area contributed by atoms with Gasteiger partial charge >= 0.3 is 0 Å². The van der Waals surface area contributed by atoms with Crippen molar-refractivity contribution in [1.29, 1.82) is 0 Å². The van der Waals surface area contributed by atoms with Crippen LogP contribution in [0, 0.1) is 6.08 Å². The first-order valence-electron chi connectivity index (χ1n) is 9.05. The molecule has 27 heavy (non-hydrogen) atoms. The summed E-state index contributed by atoms with van der Waals surface area (Å²) < 4.78 is 0. The molecule has 1 aliphatic rings. The quantitative estimate of drug-likeness (QED) is 0.426. The monoisotopic (exact) mass is 351 g/mol. The van der Waals surface area contributed by atoms with Gasteiger partial charge in [-0.3, -0.25) is 0 Å². The fourth-order valence-corrected chi connectivity index (χ4v) is 1.75. The summed E-state index contributed by atoms with van der Waals surface area (Å²) in [7, 11) is 0. The van der Waals surface area contributed by atoms with Crippen LogP contribution in [0.1, 0.15) is 6.42 Å². The summed E-state index contributed by atoms with van der Waals surface area (Å²) >= 11 is 0. The van der Waals surface area contributed by atoms with Gasteiger partial charge in [-0.2, -0.15) is 0 Å². The van der Waals surface area contributed by atoms with Gasteiger partial charge in [0.25, 0.3) is 0 Å². The summed E-state index contributed by atoms with van der Waals surface area (Å²) in [6.07, 6.45) is 54.0. The van der Waals surface area contributed by atoms with Crippen molar-refractivity contribution in [2.24, 2.45) is 0 Å². The molecule has 0 fully saturated rings. The molecule has 0 N–H and O–H groups in total. The average molecular weight is 352 g/mol. The van der Waals surface area contributed by atoms with Gasteiger partial charge in [0.1, 0.15) is 0 Å². The third kappa shape index (κ3) is 17.2. The first kappa shape index (κ1) is 21.7. The molecule has 135 valence electrons. The summed E-state index contributed by atoms with van der Waals surface area (Å²) in [4.78, 5) is 0. The van der Waals surface area contributed by atoms with E-state index >= 15 is 0 Å². The lowest BCUT2D eigenvalue weighted by Crippen LogP contribution is -1.59. The Balaban J connectivity index is 2.64. The van der Waals surface area contributed by atoms with Crippen LogP contribution in [0.15, 0.2) is 152 Å². The molecule has 0 saturated carbocycles. The van der Waals surface area contributed by atoms with Gasteiger partial charge in [-0.05, 0) is 12.5 Å². The summed E-state index contributed by atoms with van der Waals surface area (Å²) in [6, 6.07) is 0. The van der Waals surface area contributed by atoms with Gasteiger partial charge in [0.05, 0.1) is 0 Å². The van der Waals surface area contributed by atoms with Crippen molar-refractivity contribution in [1.82, 2.24) is 0 Å². The Labute approximate surface area is 164 Å². The molecule has 1 rings (SSSR count). The van der Waals surface area contributed by atoms with Crippen LogP contribution in [0.25, 0.3) is 0 Å². The van der Waals surface area contributed by atoms with E-state index in [0.29, 0.717) is 0 Å². The van der Waals surface area contributed by atoms with Crippen LogP contribution < -0.4 is 0 Å². The van der Waals surface area contributed by atoms with E-state index < -0.39 is 0 Å². The lowest BCUT2D eigenvalue weighted by atomic mass is 10.3. The van der Waals surface area contributed by atoms with Crippen LogP contribution in [0.4, 0.5) is 0 Å². The van der Waals surface area contributed by atoms with Crippen LogP contribution in [0.5, 0.6) is 0 Å². The standard InChI is InChI=1S/C27H27/c1-2-4-6-8-10-12-14-16-18-20-22-24-26-27-25-23-21-19-17-15-13-11-9-7-5-3-1/h1-25H,26H2/b3-1-,4-2-,7-5-,8-6-,11-9-,12-10-,15-13-,16-14-,19-17-,20-18-,23-21-,24-22-,27-25?. The largest absolute Gasteiger partial charge is 0.0801 e. The molecule has 0 aromatic carbocycles. The second kappa shape index (κ2) is 19.0. The molecule has 0 spiro atoms. The third-order valence-electron chi connectivity index (χ3n) is 3.03. The van der Waals surface area contributed by atoms with Crippen molar-refractivity contribution >= 4 is 0 Å². The fraction of sp³-hybridized carbons (Fsp3) is 0.0370. The summed E-state index contributed by atoms with van der Waals surface area (Å²) in [6.45, 7) is 0. The maximum atomic E-state index is 3.20. The highest BCUT2D eigenvalue weighted by atomic mass is 13.8. The van der Waals surface area contributed by atoms with Crippen LogP contribution in [0.3, 0.4) is 0 Å². The molecule has 0 heterocycles. The molecular formula is C27H27. The minimum atomic E-state index is 0.799. The van der Waals surface area contributed by atoms with Crippen molar-refractivity contribution in [3.8, 4) is 0 Å². The Morgan fingerprint density at radius 1 is 0.296 bits per heavy atom. The molecule has 0 nitrogen and oxygen atoms in total. The molecule has 1 aliphatic carbocycles. The Bertz CT molecular complexity index is 682. The molecule has 0 aromatic heterocycles. The van der Waals surface area contributed by atoms with Gasteiger partial charge in [-0.15, -0.1) is 0 Å². The molecule has 0 amide bonds. The molecule has 0 saturated heterocycles. The molecule has 0 aromatic rings. The smallest absolute Gasteiger partial charge is 0.00915 e. The van der Waals surface area contributed by atoms with E-state index in [2.05, 4.69) is 12.2 Å². The normalized spacial score (nSPS) is 31.7. The highest BCUT2D eigenvalue weighted by Crippen LogP contribution is 1.90. The van der Waals surface area contributed by atoms with Gasteiger partial charge in [0, 0.05) is 0 Å². The number of rotatable bonds is 0. The maximum Gasteiger partial charge on any atom is -0.00915 e. The van der Waals surface area contributed by atoms with E-state index in [0.717, 1.165) is 6.42 Å². The molecule has 0 unspecified atom stereocenters. The summed E-state index contributed by atoms with van der Waals surface area (Å²) in [5.41, 5.74) is 0. The van der Waals surface area contributed by atoms with Gasteiger partial charge in [-0.1, -0.05) is 152 Å². The predicted molar refractivity (Wildman–Crippen MR) is 122 cm³/mol. The van der Waals surface area contributed by atoms with Crippen LogP contribution in [-0.2, 0) is 0 Å². The summed E-state index contributed by atoms with van der Waals surface area (Å²) in [5, 5.41) is 0. The van der Waals surface area contributed by atoms with Crippen LogP contribution in [-0.4, -0.2) is 0 Å². The minimum absolute atomic E-state index is 0.799. The van der Waals surface area contributed by atoms with E-state index in [1.807, 2.05) is 146 Å². The van der Waals surface area contributed by atoms with Crippen molar-refractivity contribution < 1.29 is 0 Å². The topological polar surface area (TPSA) is 0 Å². The van der Waals surface area contributed by atoms with E-state index in [4.69, 9.17) is 0 Å². The highest BCUT2D eigenvalue weighted by molar-refractivity contribution is 5.23. The van der Waals surface area contributed by atoms with E-state index in [1.54, 1.807) is 0 Å². The van der Waals surface area contributed by atoms with Crippen LogP contribution >= 0.6 is 0 Å². The fourth-order valence-electron chi connectivity index (χ4n) is 1.75. The molecule has 1 radical (unpaired) electrons. The first-order valence-corrected chi connectivity index (χ1v) is 9.05. The Kier molecular flexibility index (Phi) is 15.2. The SMILES string of the molecule is [C]1=C/C=C\C=C/C=C\C=C/C=C\C=C/C=C\C=C/C=C\C=C/C=C\C=C/C\1. The second-order valence-corrected chi connectivity index (χ2v) is 5.24. The second-order valence-electron chi connectivity index (χ2n) is 5.24. The Morgan fingerprint density at radius 2 is 0.556 bits per heavy atom. The predicted octanol–water partition coefficient (Wildman–Crippen LogP) is 7.42. The Hall–Kier alpha value is -3.38. The van der Waals surface area contributed by atoms with E-state index in [9.17, 15) is 0 Å². The van der Waals surface area contributed by atoms with Crippen molar-refractivity contribution in [3.63, 3.8) is 0 Å². The zero-order chi connectivity index (χ0) is 19.1. The number of allylic oxidation sites excluding steroid dienone is 26. The zero-order valence-corrected chi connectivity index (χ0v) is 15.6. The lowest BCUT2D eigenvalue weighted by Gasteiger charge is -1.78. The molecule has 0 aliphatic heterocycles. The van der Waals surface area contributed by atoms with Crippen molar-refractivity contribution in [2.75, 3.05) is 0 Å². The highest BCUT2D eigenvalue weighted by Gasteiger charge is 1.70. The first-order chi connectivity index (χ1) is 13.5. The van der Waals surface area contributed by atoms with Gasteiger partial charge in [-0.25, -0.2) is 0 Å². The lowest BCUT2D eigenvalue weighted by molar-refractivity contribution is 1.34. The van der Waals surface area contributed by atoms with E-state index in [-0.39, 0.29) is 0 Å². The maximum absolute atomic E-state index is 3.20. The van der Waals surface area contributed by atoms with Crippen molar-refractivity contribution in [2.45, 2.75) is 6.42 Å². The van der Waals surface area contributed by atoms with Gasteiger partial charge in [0.15, 0.2) is 0 Å². The zero-order valence-electron chi connectivity index (χ0n) is 15.6. The van der Waals surface area contributed by atoms with Gasteiger partial charge in [0.2, 0.25) is 0 Å². The molecule has 0 heteroatoms. The van der Waals surface area contributed by atoms with Crippen LogP contribution in [0.2, 0.25) is 0 Å². The summed E-state index contributed by atoms with van der Waals surface area (Å²) in [5.74, 6) is 0. The average Bonchev–Trinajstić information content (AvgIpc) is 2.68. The number of hydrogen-bond donors (Lipinski definition) is 0.